The summed E-state index contributed by atoms with van der Waals surface area (Å²) in [4.78, 5) is 0. The van der Waals surface area contributed by atoms with E-state index in [-0.39, 0.29) is 0 Å². The summed E-state index contributed by atoms with van der Waals surface area (Å²) in [7, 11) is 1.72. The zero-order valence-electron chi connectivity index (χ0n) is 7.60. The highest BCUT2D eigenvalue weighted by Gasteiger charge is 2.06. The molecule has 0 amide bonds. The summed E-state index contributed by atoms with van der Waals surface area (Å²) in [6.07, 6.45) is 0. The Kier molecular flexibility index (Phi) is 3.38. The van der Waals surface area contributed by atoms with Crippen LogP contribution in [-0.4, -0.2) is 7.11 Å². The van der Waals surface area contributed by atoms with Crippen molar-refractivity contribution in [2.45, 2.75) is 19.8 Å². The van der Waals surface area contributed by atoms with Crippen molar-refractivity contribution in [3.8, 4) is 5.75 Å². The highest BCUT2D eigenvalue weighted by atomic mass is 127. The minimum absolute atomic E-state index is 0.525. The van der Waals surface area contributed by atoms with Crippen molar-refractivity contribution in [1.82, 2.24) is 0 Å². The van der Waals surface area contributed by atoms with E-state index in [0.717, 1.165) is 5.75 Å². The van der Waals surface area contributed by atoms with Gasteiger partial charge in [0.15, 0.2) is 0 Å². The standard InChI is InChI=1S/C10H13IO/c1-7(2)9-5-4-8(11)6-10(9)12-3/h4-7H,1-3H3. The number of methoxy groups -OCH3 is 1. The fourth-order valence-electron chi connectivity index (χ4n) is 1.16. The van der Waals surface area contributed by atoms with E-state index in [1.54, 1.807) is 7.11 Å². The summed E-state index contributed by atoms with van der Waals surface area (Å²) in [5.41, 5.74) is 1.28. The molecule has 0 atom stereocenters. The first-order valence-corrected chi connectivity index (χ1v) is 5.06. The Bertz CT molecular complexity index is 269. The Morgan fingerprint density at radius 3 is 2.50 bits per heavy atom. The van der Waals surface area contributed by atoms with Crippen LogP contribution < -0.4 is 4.74 Å². The summed E-state index contributed by atoms with van der Waals surface area (Å²) < 4.78 is 6.50. The Hall–Kier alpha value is -0.250. The fraction of sp³-hybridized carbons (Fsp3) is 0.400. The molecule has 1 aromatic carbocycles. The van der Waals surface area contributed by atoms with E-state index in [1.165, 1.54) is 9.13 Å². The molecule has 0 saturated carbocycles. The normalized spacial score (nSPS) is 10.4. The third-order valence-electron chi connectivity index (χ3n) is 1.82. The highest BCUT2D eigenvalue weighted by molar-refractivity contribution is 14.1. The van der Waals surface area contributed by atoms with Crippen LogP contribution in [0.2, 0.25) is 0 Å². The molecule has 0 heterocycles. The maximum absolute atomic E-state index is 5.28. The van der Waals surface area contributed by atoms with Gasteiger partial charge >= 0.3 is 0 Å². The van der Waals surface area contributed by atoms with Gasteiger partial charge in [0, 0.05) is 3.57 Å². The molecule has 0 spiro atoms. The number of rotatable bonds is 2. The number of benzene rings is 1. The molecule has 1 rings (SSSR count). The van der Waals surface area contributed by atoms with E-state index in [4.69, 9.17) is 4.74 Å². The van der Waals surface area contributed by atoms with Crippen molar-refractivity contribution in [1.29, 1.82) is 0 Å². The van der Waals surface area contributed by atoms with Gasteiger partial charge in [-0.3, -0.25) is 0 Å². The van der Waals surface area contributed by atoms with Crippen LogP contribution in [0.25, 0.3) is 0 Å². The quantitative estimate of drug-likeness (QED) is 0.752. The van der Waals surface area contributed by atoms with E-state index in [2.05, 4.69) is 54.6 Å². The van der Waals surface area contributed by atoms with Gasteiger partial charge in [-0.25, -0.2) is 0 Å². The molecule has 12 heavy (non-hydrogen) atoms. The lowest BCUT2D eigenvalue weighted by Crippen LogP contribution is -1.94. The first kappa shape index (κ1) is 9.84. The average molecular weight is 276 g/mol. The molecule has 2 heteroatoms. The van der Waals surface area contributed by atoms with Gasteiger partial charge in [-0.1, -0.05) is 19.9 Å². The molecule has 0 bridgehead atoms. The molecule has 0 saturated heterocycles. The van der Waals surface area contributed by atoms with Crippen molar-refractivity contribution in [2.24, 2.45) is 0 Å². The van der Waals surface area contributed by atoms with Crippen molar-refractivity contribution >= 4 is 22.6 Å². The number of hydrogen-bond donors (Lipinski definition) is 0. The molecule has 0 aromatic heterocycles. The topological polar surface area (TPSA) is 9.23 Å². The Morgan fingerprint density at radius 1 is 1.33 bits per heavy atom. The van der Waals surface area contributed by atoms with Crippen LogP contribution in [0.5, 0.6) is 5.75 Å². The van der Waals surface area contributed by atoms with Gasteiger partial charge in [0.2, 0.25) is 0 Å². The molecular formula is C10H13IO. The summed E-state index contributed by atoms with van der Waals surface area (Å²) >= 11 is 2.29. The predicted octanol–water partition coefficient (Wildman–Crippen LogP) is 3.42. The van der Waals surface area contributed by atoms with Crippen LogP contribution in [0, 0.1) is 3.57 Å². The Balaban J connectivity index is 3.11. The Morgan fingerprint density at radius 2 is 2.00 bits per heavy atom. The van der Waals surface area contributed by atoms with Gasteiger partial charge < -0.3 is 4.74 Å². The minimum Gasteiger partial charge on any atom is -0.496 e. The second-order valence-corrected chi connectivity index (χ2v) is 4.29. The van der Waals surface area contributed by atoms with Crippen molar-refractivity contribution < 1.29 is 4.74 Å². The van der Waals surface area contributed by atoms with E-state index in [9.17, 15) is 0 Å². The van der Waals surface area contributed by atoms with E-state index >= 15 is 0 Å². The first-order chi connectivity index (χ1) is 5.65. The molecule has 0 radical (unpaired) electrons. The summed E-state index contributed by atoms with van der Waals surface area (Å²) in [5, 5.41) is 0. The summed E-state index contributed by atoms with van der Waals surface area (Å²) in [5.74, 6) is 1.52. The number of halogens is 1. The predicted molar refractivity (Wildman–Crippen MR) is 59.8 cm³/mol. The molecular weight excluding hydrogens is 263 g/mol. The van der Waals surface area contributed by atoms with Crippen molar-refractivity contribution in [2.75, 3.05) is 7.11 Å². The van der Waals surface area contributed by atoms with Crippen LogP contribution in [-0.2, 0) is 0 Å². The molecule has 0 aliphatic heterocycles. The molecule has 0 aliphatic rings. The molecule has 0 fully saturated rings. The molecule has 66 valence electrons. The number of ether oxygens (including phenoxy) is 1. The van der Waals surface area contributed by atoms with Crippen LogP contribution in [0.3, 0.4) is 0 Å². The van der Waals surface area contributed by atoms with Gasteiger partial charge in [-0.05, 0) is 46.2 Å². The van der Waals surface area contributed by atoms with Gasteiger partial charge in [-0.2, -0.15) is 0 Å². The smallest absolute Gasteiger partial charge is 0.123 e. The van der Waals surface area contributed by atoms with Crippen LogP contribution >= 0.6 is 22.6 Å². The van der Waals surface area contributed by atoms with Crippen molar-refractivity contribution in [3.05, 3.63) is 27.3 Å². The lowest BCUT2D eigenvalue weighted by Gasteiger charge is -2.11. The van der Waals surface area contributed by atoms with Gasteiger partial charge in [0.25, 0.3) is 0 Å². The van der Waals surface area contributed by atoms with Gasteiger partial charge in [-0.15, -0.1) is 0 Å². The van der Waals surface area contributed by atoms with Crippen LogP contribution in [0.1, 0.15) is 25.3 Å². The summed E-state index contributed by atoms with van der Waals surface area (Å²) in [6.45, 7) is 4.34. The molecule has 1 aromatic rings. The monoisotopic (exact) mass is 276 g/mol. The second-order valence-electron chi connectivity index (χ2n) is 3.04. The molecule has 0 unspecified atom stereocenters. The lowest BCUT2D eigenvalue weighted by atomic mass is 10.0. The van der Waals surface area contributed by atoms with Crippen LogP contribution in [0.15, 0.2) is 18.2 Å². The lowest BCUT2D eigenvalue weighted by molar-refractivity contribution is 0.407. The zero-order chi connectivity index (χ0) is 9.14. The van der Waals surface area contributed by atoms with Gasteiger partial charge in [0.05, 0.1) is 7.11 Å². The van der Waals surface area contributed by atoms with Gasteiger partial charge in [0.1, 0.15) is 5.75 Å². The minimum atomic E-state index is 0.525. The zero-order valence-corrected chi connectivity index (χ0v) is 9.75. The maximum atomic E-state index is 5.28. The first-order valence-electron chi connectivity index (χ1n) is 3.98. The fourth-order valence-corrected chi connectivity index (χ4v) is 1.62. The third kappa shape index (κ3) is 2.12. The maximum Gasteiger partial charge on any atom is 0.123 e. The molecule has 0 aliphatic carbocycles. The SMILES string of the molecule is COc1cc(I)ccc1C(C)C. The van der Waals surface area contributed by atoms with Crippen molar-refractivity contribution in [3.63, 3.8) is 0 Å². The van der Waals surface area contributed by atoms with E-state index < -0.39 is 0 Å². The molecule has 1 nitrogen and oxygen atoms in total. The van der Waals surface area contributed by atoms with E-state index in [0.29, 0.717) is 5.92 Å². The highest BCUT2D eigenvalue weighted by Crippen LogP contribution is 2.27. The second kappa shape index (κ2) is 4.12. The summed E-state index contributed by atoms with van der Waals surface area (Å²) in [6, 6.07) is 6.31. The van der Waals surface area contributed by atoms with E-state index in [1.807, 2.05) is 0 Å². The average Bonchev–Trinajstić information content (AvgIpc) is 2.03. The molecule has 0 N–H and O–H groups in total. The number of hydrogen-bond acceptors (Lipinski definition) is 1. The van der Waals surface area contributed by atoms with Crippen LogP contribution in [0.4, 0.5) is 0 Å². The third-order valence-corrected chi connectivity index (χ3v) is 2.49. The largest absolute Gasteiger partial charge is 0.496 e. The Labute approximate surface area is 87.3 Å².